The van der Waals surface area contributed by atoms with Crippen molar-refractivity contribution in [2.75, 3.05) is 26.9 Å². The summed E-state index contributed by atoms with van der Waals surface area (Å²) in [4.78, 5) is 16.4. The van der Waals surface area contributed by atoms with Crippen molar-refractivity contribution in [1.29, 1.82) is 0 Å². The number of hydrogen-bond acceptors (Lipinski definition) is 7. The summed E-state index contributed by atoms with van der Waals surface area (Å²) in [6.07, 6.45) is 0. The highest BCUT2D eigenvalue weighted by molar-refractivity contribution is 6.76. The van der Waals surface area contributed by atoms with Gasteiger partial charge in [-0.2, -0.15) is 9.67 Å². The van der Waals surface area contributed by atoms with E-state index in [1.165, 1.54) is 7.11 Å². The van der Waals surface area contributed by atoms with Crippen LogP contribution in [-0.2, 0) is 21.0 Å². The first-order chi connectivity index (χ1) is 17.5. The maximum atomic E-state index is 11.8. The zero-order valence-corrected chi connectivity index (χ0v) is 24.0. The molecule has 0 N–H and O–H groups in total. The second kappa shape index (κ2) is 12.4. The number of carbonyl (C=O) groups excluding carboxylic acids is 1. The summed E-state index contributed by atoms with van der Waals surface area (Å²) in [5, 5.41) is 4.62. The molecule has 0 atom stereocenters. The minimum absolute atomic E-state index is 0.237. The molecule has 0 saturated carbocycles. The smallest absolute Gasteiger partial charge is 0.317 e. The van der Waals surface area contributed by atoms with E-state index < -0.39 is 13.5 Å². The largest absolute Gasteiger partial charge is 0.492 e. The van der Waals surface area contributed by atoms with E-state index in [1.54, 1.807) is 18.5 Å². The van der Waals surface area contributed by atoms with Crippen molar-refractivity contribution in [3.05, 3.63) is 48.5 Å². The Hall–Kier alpha value is -3.17. The fourth-order valence-electron chi connectivity index (χ4n) is 3.45. The predicted molar refractivity (Wildman–Crippen MR) is 147 cm³/mol. The van der Waals surface area contributed by atoms with Crippen LogP contribution in [0.5, 0.6) is 11.8 Å². The van der Waals surface area contributed by atoms with Gasteiger partial charge in [-0.15, -0.1) is 5.10 Å². The van der Waals surface area contributed by atoms with Gasteiger partial charge < -0.3 is 18.9 Å². The van der Waals surface area contributed by atoms with Crippen molar-refractivity contribution in [3.63, 3.8) is 0 Å². The van der Waals surface area contributed by atoms with Gasteiger partial charge in [0.2, 0.25) is 0 Å². The number of ether oxygens (including phenoxy) is 4. The second-order valence-corrected chi connectivity index (χ2v) is 16.4. The SMILES string of the molecule is CCOc1nc(-c2ccc(-c3ccc(OCC(C)(C)C(=O)OC)cc3)cc2)nn1COCC[Si](C)(C)C. The fourth-order valence-corrected chi connectivity index (χ4v) is 4.21. The molecule has 0 spiro atoms. The van der Waals surface area contributed by atoms with Crippen LogP contribution in [0, 0.1) is 5.41 Å². The monoisotopic (exact) mass is 525 g/mol. The van der Waals surface area contributed by atoms with Gasteiger partial charge in [-0.25, -0.2) is 0 Å². The molecule has 3 aromatic rings. The number of nitrogens with zero attached hydrogens (tertiary/aromatic N) is 3. The van der Waals surface area contributed by atoms with Crippen LogP contribution in [0.2, 0.25) is 25.7 Å². The number of methoxy groups -OCH3 is 1. The highest BCUT2D eigenvalue weighted by Crippen LogP contribution is 2.27. The zero-order chi connectivity index (χ0) is 27.1. The number of esters is 1. The average molecular weight is 526 g/mol. The van der Waals surface area contributed by atoms with Crippen LogP contribution in [0.3, 0.4) is 0 Å². The third-order valence-electron chi connectivity index (χ3n) is 5.79. The van der Waals surface area contributed by atoms with Crippen LogP contribution in [-0.4, -0.2) is 55.7 Å². The molecule has 0 aliphatic rings. The van der Waals surface area contributed by atoms with Gasteiger partial charge in [0.1, 0.15) is 19.1 Å². The topological polar surface area (TPSA) is 84.7 Å². The molecule has 0 aliphatic carbocycles. The van der Waals surface area contributed by atoms with Crippen LogP contribution in [0.25, 0.3) is 22.5 Å². The van der Waals surface area contributed by atoms with E-state index in [-0.39, 0.29) is 12.6 Å². The van der Waals surface area contributed by atoms with Gasteiger partial charge in [0.25, 0.3) is 0 Å². The molecule has 0 saturated heterocycles. The number of rotatable bonds is 13. The molecule has 0 bridgehead atoms. The van der Waals surface area contributed by atoms with Crippen molar-refractivity contribution >= 4 is 14.0 Å². The van der Waals surface area contributed by atoms with Gasteiger partial charge >= 0.3 is 12.0 Å². The molecule has 2 aromatic carbocycles. The fraction of sp³-hybridized carbons (Fsp3) is 0.464. The van der Waals surface area contributed by atoms with Crippen molar-refractivity contribution in [1.82, 2.24) is 14.8 Å². The van der Waals surface area contributed by atoms with E-state index >= 15 is 0 Å². The molecule has 0 radical (unpaired) electrons. The Morgan fingerprint density at radius 1 is 0.946 bits per heavy atom. The first-order valence-electron chi connectivity index (χ1n) is 12.6. The second-order valence-electron chi connectivity index (χ2n) is 10.8. The summed E-state index contributed by atoms with van der Waals surface area (Å²) in [5.74, 6) is 0.995. The van der Waals surface area contributed by atoms with E-state index in [1.807, 2.05) is 55.5 Å². The van der Waals surface area contributed by atoms with Crippen molar-refractivity contribution < 1.29 is 23.7 Å². The Kier molecular flexibility index (Phi) is 9.50. The van der Waals surface area contributed by atoms with Crippen LogP contribution >= 0.6 is 0 Å². The predicted octanol–water partition coefficient (Wildman–Crippen LogP) is 5.90. The average Bonchev–Trinajstić information content (AvgIpc) is 3.27. The van der Waals surface area contributed by atoms with Gasteiger partial charge in [0.15, 0.2) is 5.82 Å². The first-order valence-corrected chi connectivity index (χ1v) is 16.3. The number of aromatic nitrogens is 3. The van der Waals surface area contributed by atoms with Gasteiger partial charge in [-0.3, -0.25) is 4.79 Å². The minimum atomic E-state index is -1.15. The Morgan fingerprint density at radius 3 is 2.11 bits per heavy atom. The number of hydrogen-bond donors (Lipinski definition) is 0. The molecule has 8 nitrogen and oxygen atoms in total. The van der Waals surface area contributed by atoms with E-state index in [9.17, 15) is 4.79 Å². The third kappa shape index (κ3) is 8.16. The van der Waals surface area contributed by atoms with E-state index in [2.05, 4.69) is 29.7 Å². The lowest BCUT2D eigenvalue weighted by Gasteiger charge is -2.21. The highest BCUT2D eigenvalue weighted by atomic mass is 28.3. The third-order valence-corrected chi connectivity index (χ3v) is 7.49. The number of carbonyl (C=O) groups is 1. The lowest BCUT2D eigenvalue weighted by atomic mass is 9.95. The maximum absolute atomic E-state index is 11.8. The zero-order valence-electron chi connectivity index (χ0n) is 23.0. The van der Waals surface area contributed by atoms with Gasteiger partial charge in [-0.05, 0) is 50.1 Å². The molecular weight excluding hydrogens is 486 g/mol. The maximum Gasteiger partial charge on any atom is 0.317 e. The van der Waals surface area contributed by atoms with E-state index in [4.69, 9.17) is 18.9 Å². The molecule has 0 fully saturated rings. The lowest BCUT2D eigenvalue weighted by molar-refractivity contribution is -0.152. The van der Waals surface area contributed by atoms with E-state index in [0.717, 1.165) is 22.7 Å². The summed E-state index contributed by atoms with van der Waals surface area (Å²) < 4.78 is 23.9. The van der Waals surface area contributed by atoms with Gasteiger partial charge in [0, 0.05) is 20.2 Å². The molecule has 37 heavy (non-hydrogen) atoms. The minimum Gasteiger partial charge on any atom is -0.492 e. The summed E-state index contributed by atoms with van der Waals surface area (Å²) in [6.45, 7) is 14.3. The standard InChI is InChI=1S/C28H39N3O5Si/c1-8-35-27-29-25(30-31(27)20-34-17-18-37(5,6)7)23-11-9-21(10-12-23)22-13-15-24(16-14-22)36-19-28(2,3)26(32)33-4/h9-16H,8,17-20H2,1-7H3. The first kappa shape index (κ1) is 28.4. The normalized spacial score (nSPS) is 11.9. The Morgan fingerprint density at radius 2 is 1.54 bits per heavy atom. The highest BCUT2D eigenvalue weighted by Gasteiger charge is 2.29. The van der Waals surface area contributed by atoms with Crippen LogP contribution in [0.15, 0.2) is 48.5 Å². The Bertz CT molecular complexity index is 1150. The van der Waals surface area contributed by atoms with Crippen LogP contribution < -0.4 is 9.47 Å². The molecule has 0 unspecified atom stereocenters. The van der Waals surface area contributed by atoms with Crippen LogP contribution in [0.4, 0.5) is 0 Å². The van der Waals surface area contributed by atoms with Crippen molar-refractivity contribution in [2.45, 2.75) is 53.2 Å². The summed E-state index contributed by atoms with van der Waals surface area (Å²) >= 11 is 0. The van der Waals surface area contributed by atoms with E-state index in [0.29, 0.717) is 37.5 Å². The molecule has 200 valence electrons. The van der Waals surface area contributed by atoms with Crippen LogP contribution in [0.1, 0.15) is 20.8 Å². The molecule has 1 heterocycles. The van der Waals surface area contributed by atoms with Gasteiger partial charge in [-0.1, -0.05) is 56.0 Å². The summed E-state index contributed by atoms with van der Waals surface area (Å²) in [6, 6.07) is 17.4. The quantitative estimate of drug-likeness (QED) is 0.156. The summed E-state index contributed by atoms with van der Waals surface area (Å²) in [7, 11) is 0.232. The molecule has 0 aliphatic heterocycles. The molecule has 0 amide bonds. The Labute approximate surface area is 220 Å². The molecule has 3 rings (SSSR count). The molecular formula is C28H39N3O5Si. The number of benzene rings is 2. The van der Waals surface area contributed by atoms with Crippen molar-refractivity contribution in [3.8, 4) is 34.3 Å². The molecule has 9 heteroatoms. The van der Waals surface area contributed by atoms with Gasteiger partial charge in [0.05, 0.1) is 19.1 Å². The Balaban J connectivity index is 1.65. The molecule has 1 aromatic heterocycles. The van der Waals surface area contributed by atoms with Crippen molar-refractivity contribution in [2.24, 2.45) is 5.41 Å². The lowest BCUT2D eigenvalue weighted by Crippen LogP contribution is -2.32. The summed E-state index contributed by atoms with van der Waals surface area (Å²) in [5.41, 5.74) is 2.29.